The van der Waals surface area contributed by atoms with Gasteiger partial charge in [0.1, 0.15) is 5.78 Å². The van der Waals surface area contributed by atoms with Crippen LogP contribution in [0.3, 0.4) is 0 Å². The predicted molar refractivity (Wildman–Crippen MR) is 34.1 cm³/mol. The van der Waals surface area contributed by atoms with Crippen molar-refractivity contribution in [2.24, 2.45) is 0 Å². The standard InChI is InChI=1S/C6H12NO.Re/c1-6(8)4-3-5-7-2;/h3-5H2,1-2H3;/q-1;. The SMILES string of the molecule is C[N-]CCCC(C)=O.[Re]. The zero-order valence-electron chi connectivity index (χ0n) is 5.85. The molecule has 0 bridgehead atoms. The van der Waals surface area contributed by atoms with Crippen LogP contribution in [0, 0.1) is 0 Å². The Morgan fingerprint density at radius 3 is 2.44 bits per heavy atom. The summed E-state index contributed by atoms with van der Waals surface area (Å²) in [7, 11) is 1.76. The zero-order valence-corrected chi connectivity index (χ0v) is 8.57. The number of hydrogen-bond acceptors (Lipinski definition) is 1. The molecule has 1 radical (unpaired) electrons. The van der Waals surface area contributed by atoms with Crippen LogP contribution in [-0.2, 0) is 25.2 Å². The molecule has 55 valence electrons. The molecular formula is C6H12NORe-. The summed E-state index contributed by atoms with van der Waals surface area (Å²) in [5, 5.41) is 3.86. The third-order valence-corrected chi connectivity index (χ3v) is 0.911. The summed E-state index contributed by atoms with van der Waals surface area (Å²) < 4.78 is 0. The maximum atomic E-state index is 10.3. The van der Waals surface area contributed by atoms with Gasteiger partial charge in [-0.25, -0.2) is 0 Å². The Bertz CT molecular complexity index is 75.5. The second-order valence-corrected chi connectivity index (χ2v) is 1.85. The summed E-state index contributed by atoms with van der Waals surface area (Å²) in [5.41, 5.74) is 0. The number of Topliss-reactive ketones (excluding diaryl/α,β-unsaturated/α-hetero) is 1. The van der Waals surface area contributed by atoms with Crippen molar-refractivity contribution in [1.82, 2.24) is 0 Å². The summed E-state index contributed by atoms with van der Waals surface area (Å²) >= 11 is 0. The predicted octanol–water partition coefficient (Wildman–Crippen LogP) is 1.36. The maximum absolute atomic E-state index is 10.3. The zero-order chi connectivity index (χ0) is 6.41. The maximum Gasteiger partial charge on any atom is 0.129 e. The van der Waals surface area contributed by atoms with E-state index in [0.29, 0.717) is 6.42 Å². The van der Waals surface area contributed by atoms with Crippen molar-refractivity contribution in [2.45, 2.75) is 19.8 Å². The van der Waals surface area contributed by atoms with Crippen LogP contribution in [0.5, 0.6) is 0 Å². The van der Waals surface area contributed by atoms with Crippen molar-refractivity contribution in [3.8, 4) is 0 Å². The van der Waals surface area contributed by atoms with Crippen molar-refractivity contribution in [2.75, 3.05) is 13.6 Å². The number of nitrogens with zero attached hydrogens (tertiary/aromatic N) is 1. The third-order valence-electron chi connectivity index (χ3n) is 0.911. The van der Waals surface area contributed by atoms with Gasteiger partial charge in [0, 0.05) is 26.8 Å². The fourth-order valence-corrected chi connectivity index (χ4v) is 0.486. The molecule has 0 aromatic carbocycles. The first kappa shape index (κ1) is 12.0. The van der Waals surface area contributed by atoms with Crippen molar-refractivity contribution in [1.29, 1.82) is 0 Å². The first-order valence-corrected chi connectivity index (χ1v) is 2.82. The smallest absolute Gasteiger partial charge is 0.129 e. The molecule has 0 rings (SSSR count). The molecule has 0 aromatic rings. The van der Waals surface area contributed by atoms with Crippen LogP contribution in [0.25, 0.3) is 5.32 Å². The van der Waals surface area contributed by atoms with E-state index < -0.39 is 0 Å². The van der Waals surface area contributed by atoms with Gasteiger partial charge in [0.2, 0.25) is 0 Å². The molecule has 2 nitrogen and oxygen atoms in total. The summed E-state index contributed by atoms with van der Waals surface area (Å²) in [5.74, 6) is 0.258. The average molecular weight is 300 g/mol. The Balaban J connectivity index is 0. The fourth-order valence-electron chi connectivity index (χ4n) is 0.486. The second kappa shape index (κ2) is 8.29. The molecular weight excluding hydrogens is 288 g/mol. The molecule has 9 heavy (non-hydrogen) atoms. The van der Waals surface area contributed by atoms with Crippen LogP contribution >= 0.6 is 0 Å². The summed E-state index contributed by atoms with van der Waals surface area (Å²) in [4.78, 5) is 10.3. The molecule has 0 aliphatic carbocycles. The number of carbonyl (C=O) groups is 1. The van der Waals surface area contributed by atoms with Gasteiger partial charge in [0.15, 0.2) is 0 Å². The van der Waals surface area contributed by atoms with E-state index in [1.165, 1.54) is 0 Å². The van der Waals surface area contributed by atoms with Gasteiger partial charge >= 0.3 is 0 Å². The second-order valence-electron chi connectivity index (χ2n) is 1.85. The summed E-state index contributed by atoms with van der Waals surface area (Å²) in [6.07, 6.45) is 1.59. The molecule has 0 aliphatic rings. The Morgan fingerprint density at radius 2 is 2.11 bits per heavy atom. The van der Waals surface area contributed by atoms with E-state index >= 15 is 0 Å². The first-order valence-electron chi connectivity index (χ1n) is 2.82. The molecule has 0 N–H and O–H groups in total. The molecule has 0 aromatic heterocycles. The van der Waals surface area contributed by atoms with Gasteiger partial charge < -0.3 is 10.1 Å². The monoisotopic (exact) mass is 301 g/mol. The molecule has 0 fully saturated rings. The van der Waals surface area contributed by atoms with Gasteiger partial charge in [0.05, 0.1) is 0 Å². The molecule has 0 aliphatic heterocycles. The third kappa shape index (κ3) is 11.7. The van der Waals surface area contributed by atoms with Gasteiger partial charge in [-0.3, -0.25) is 0 Å². The fraction of sp³-hybridized carbons (Fsp3) is 0.833. The van der Waals surface area contributed by atoms with Crippen molar-refractivity contribution >= 4 is 5.78 Å². The molecule has 3 heteroatoms. The average Bonchev–Trinajstić information content (AvgIpc) is 1.66. The Labute approximate surface area is 70.1 Å². The minimum Gasteiger partial charge on any atom is -0.665 e. The van der Waals surface area contributed by atoms with Crippen LogP contribution in [0.1, 0.15) is 19.8 Å². The van der Waals surface area contributed by atoms with Crippen molar-refractivity contribution in [3.63, 3.8) is 0 Å². The molecule has 0 saturated carbocycles. The van der Waals surface area contributed by atoms with Gasteiger partial charge in [0.25, 0.3) is 0 Å². The number of hydrogen-bond donors (Lipinski definition) is 0. The van der Waals surface area contributed by atoms with Crippen LogP contribution < -0.4 is 0 Å². The molecule has 0 heterocycles. The molecule has 0 unspecified atom stereocenters. The number of rotatable bonds is 4. The topological polar surface area (TPSA) is 31.2 Å². The van der Waals surface area contributed by atoms with Gasteiger partial charge in [-0.1, -0.05) is 6.42 Å². The quantitative estimate of drug-likeness (QED) is 0.721. The Morgan fingerprint density at radius 1 is 1.56 bits per heavy atom. The van der Waals surface area contributed by atoms with Crippen LogP contribution in [0.2, 0.25) is 0 Å². The number of carbonyl (C=O) groups excluding carboxylic acids is 1. The first-order chi connectivity index (χ1) is 3.77. The van der Waals surface area contributed by atoms with Gasteiger partial charge in [-0.15, -0.1) is 6.54 Å². The van der Waals surface area contributed by atoms with E-state index in [1.807, 2.05) is 0 Å². The summed E-state index contributed by atoms with van der Waals surface area (Å²) in [6, 6.07) is 0. The van der Waals surface area contributed by atoms with Crippen molar-refractivity contribution in [3.05, 3.63) is 5.32 Å². The Hall–Kier alpha value is 0.292. The molecule has 0 spiro atoms. The molecule has 0 amide bonds. The van der Waals surface area contributed by atoms with E-state index in [1.54, 1.807) is 14.0 Å². The van der Waals surface area contributed by atoms with E-state index in [-0.39, 0.29) is 26.2 Å². The van der Waals surface area contributed by atoms with E-state index in [0.717, 1.165) is 13.0 Å². The number of ketones is 1. The minimum absolute atomic E-state index is 0. The van der Waals surface area contributed by atoms with Crippen LogP contribution in [-0.4, -0.2) is 19.4 Å². The molecule has 0 saturated heterocycles. The van der Waals surface area contributed by atoms with Gasteiger partial charge in [-0.05, 0) is 6.92 Å². The molecule has 0 atom stereocenters. The van der Waals surface area contributed by atoms with Gasteiger partial charge in [-0.2, -0.15) is 7.05 Å². The minimum atomic E-state index is 0. The normalized spacial score (nSPS) is 8.22. The van der Waals surface area contributed by atoms with Crippen LogP contribution in [0.15, 0.2) is 0 Å². The summed E-state index contributed by atoms with van der Waals surface area (Å²) in [6.45, 7) is 2.43. The largest absolute Gasteiger partial charge is 0.665 e. The van der Waals surface area contributed by atoms with Crippen molar-refractivity contribution < 1.29 is 25.2 Å². The van der Waals surface area contributed by atoms with E-state index in [4.69, 9.17) is 0 Å². The Kier molecular flexibility index (Phi) is 11.1. The van der Waals surface area contributed by atoms with E-state index in [9.17, 15) is 4.79 Å². The van der Waals surface area contributed by atoms with Crippen LogP contribution in [0.4, 0.5) is 0 Å². The van der Waals surface area contributed by atoms with E-state index in [2.05, 4.69) is 5.32 Å².